The van der Waals surface area contributed by atoms with E-state index in [4.69, 9.17) is 0 Å². The lowest BCUT2D eigenvalue weighted by atomic mass is 10.5. The predicted molar refractivity (Wildman–Crippen MR) is 33.5 cm³/mol. The summed E-state index contributed by atoms with van der Waals surface area (Å²) in [4.78, 5) is 6.75. The molecule has 3 nitrogen and oxygen atoms in total. The average Bonchev–Trinajstić information content (AvgIpc) is 2.05. The highest BCUT2D eigenvalue weighted by molar-refractivity contribution is 5.08. The van der Waals surface area contributed by atoms with Gasteiger partial charge in [0, 0.05) is 12.3 Å². The molecule has 0 saturated carbocycles. The summed E-state index contributed by atoms with van der Waals surface area (Å²) in [7, 11) is 1.36. The third-order valence-corrected chi connectivity index (χ3v) is 1.05. The van der Waals surface area contributed by atoms with Crippen molar-refractivity contribution in [3.05, 3.63) is 18.1 Å². The molecule has 0 aliphatic rings. The van der Waals surface area contributed by atoms with Crippen LogP contribution < -0.4 is 4.74 Å². The highest BCUT2D eigenvalue weighted by atomic mass is 19.3. The molecule has 1 aromatic rings. The number of hydrogen-bond donors (Lipinski definition) is 0. The van der Waals surface area contributed by atoms with E-state index in [1.54, 1.807) is 0 Å². The minimum absolute atomic E-state index is 0.148. The van der Waals surface area contributed by atoms with Gasteiger partial charge < -0.3 is 4.74 Å². The van der Waals surface area contributed by atoms with Crippen LogP contribution in [0, 0.1) is 0 Å². The molecule has 60 valence electrons. The Morgan fingerprint density at radius 1 is 1.55 bits per heavy atom. The molecule has 0 unspecified atom stereocenters. The van der Waals surface area contributed by atoms with Crippen molar-refractivity contribution in [3.8, 4) is 5.88 Å². The maximum atomic E-state index is 11.9. The van der Waals surface area contributed by atoms with E-state index in [9.17, 15) is 8.78 Å². The van der Waals surface area contributed by atoms with Crippen LogP contribution in [0.4, 0.5) is 8.78 Å². The number of hydrogen-bond acceptors (Lipinski definition) is 3. The van der Waals surface area contributed by atoms with Gasteiger partial charge in [-0.25, -0.2) is 13.8 Å². The number of aromatic nitrogens is 2. The van der Waals surface area contributed by atoms with E-state index >= 15 is 0 Å². The molecule has 0 N–H and O–H groups in total. The summed E-state index contributed by atoms with van der Waals surface area (Å²) in [5.41, 5.74) is 0. The zero-order valence-electron chi connectivity index (χ0n) is 5.79. The predicted octanol–water partition coefficient (Wildman–Crippen LogP) is 1.42. The summed E-state index contributed by atoms with van der Waals surface area (Å²) >= 11 is 0. The fourth-order valence-electron chi connectivity index (χ4n) is 0.575. The number of halogens is 2. The van der Waals surface area contributed by atoms with Crippen LogP contribution in [-0.4, -0.2) is 17.1 Å². The van der Waals surface area contributed by atoms with Crippen molar-refractivity contribution in [2.24, 2.45) is 0 Å². The van der Waals surface area contributed by atoms with E-state index in [2.05, 4.69) is 14.7 Å². The first kappa shape index (κ1) is 7.84. The van der Waals surface area contributed by atoms with Gasteiger partial charge >= 0.3 is 0 Å². The first-order valence-corrected chi connectivity index (χ1v) is 2.89. The Labute approximate surface area is 62.0 Å². The smallest absolute Gasteiger partial charge is 0.297 e. The lowest BCUT2D eigenvalue weighted by Crippen LogP contribution is -1.96. The van der Waals surface area contributed by atoms with Crippen LogP contribution in [0.2, 0.25) is 0 Å². The molecule has 5 heteroatoms. The van der Waals surface area contributed by atoms with Crippen LogP contribution in [0.1, 0.15) is 12.2 Å². The van der Waals surface area contributed by atoms with Crippen molar-refractivity contribution >= 4 is 0 Å². The Bertz CT molecular complexity index is 242. The second kappa shape index (κ2) is 3.23. The van der Waals surface area contributed by atoms with Crippen molar-refractivity contribution in [3.63, 3.8) is 0 Å². The largest absolute Gasteiger partial charge is 0.481 e. The lowest BCUT2D eigenvalue weighted by Gasteiger charge is -1.99. The fourth-order valence-corrected chi connectivity index (χ4v) is 0.575. The van der Waals surface area contributed by atoms with Gasteiger partial charge in [0.25, 0.3) is 6.43 Å². The monoisotopic (exact) mass is 160 g/mol. The minimum Gasteiger partial charge on any atom is -0.481 e. The molecule has 1 rings (SSSR count). The highest BCUT2D eigenvalue weighted by Gasteiger charge is 2.10. The second-order valence-electron chi connectivity index (χ2n) is 1.76. The Kier molecular flexibility index (Phi) is 2.30. The van der Waals surface area contributed by atoms with Gasteiger partial charge in [-0.3, -0.25) is 0 Å². The zero-order valence-corrected chi connectivity index (χ0v) is 5.79. The van der Waals surface area contributed by atoms with Crippen LogP contribution in [0.3, 0.4) is 0 Å². The molecular weight excluding hydrogens is 154 g/mol. The quantitative estimate of drug-likeness (QED) is 0.656. The molecular formula is C6H6F2N2O. The van der Waals surface area contributed by atoms with Gasteiger partial charge in [0.2, 0.25) is 5.88 Å². The molecule has 0 radical (unpaired) electrons. The van der Waals surface area contributed by atoms with Gasteiger partial charge in [-0.2, -0.15) is 4.98 Å². The summed E-state index contributed by atoms with van der Waals surface area (Å²) in [5, 5.41) is 0. The van der Waals surface area contributed by atoms with E-state index in [1.165, 1.54) is 19.4 Å². The SMILES string of the molecule is COc1ccnc(C(F)F)n1. The van der Waals surface area contributed by atoms with E-state index in [0.717, 1.165) is 0 Å². The van der Waals surface area contributed by atoms with Crippen LogP contribution in [-0.2, 0) is 0 Å². The van der Waals surface area contributed by atoms with Crippen LogP contribution >= 0.6 is 0 Å². The molecule has 0 fully saturated rings. The zero-order chi connectivity index (χ0) is 8.27. The minimum atomic E-state index is -2.65. The van der Waals surface area contributed by atoms with Crippen molar-refractivity contribution < 1.29 is 13.5 Å². The number of nitrogens with zero attached hydrogens (tertiary/aromatic N) is 2. The normalized spacial score (nSPS) is 10.2. The highest BCUT2D eigenvalue weighted by Crippen LogP contribution is 2.15. The first-order valence-electron chi connectivity index (χ1n) is 2.89. The summed E-state index contributed by atoms with van der Waals surface area (Å²) in [6.45, 7) is 0. The Balaban J connectivity index is 2.91. The molecule has 0 bridgehead atoms. The van der Waals surface area contributed by atoms with Gasteiger partial charge in [-0.15, -0.1) is 0 Å². The molecule has 0 aliphatic heterocycles. The number of ether oxygens (including phenoxy) is 1. The molecule has 1 heterocycles. The molecule has 0 amide bonds. The lowest BCUT2D eigenvalue weighted by molar-refractivity contribution is 0.139. The molecule has 11 heavy (non-hydrogen) atoms. The van der Waals surface area contributed by atoms with Crippen molar-refractivity contribution in [2.45, 2.75) is 6.43 Å². The van der Waals surface area contributed by atoms with Crippen LogP contribution in [0.5, 0.6) is 5.88 Å². The molecule has 1 aromatic heterocycles. The van der Waals surface area contributed by atoms with Crippen molar-refractivity contribution in [2.75, 3.05) is 7.11 Å². The van der Waals surface area contributed by atoms with Gasteiger partial charge in [-0.05, 0) is 0 Å². The third kappa shape index (κ3) is 1.83. The van der Waals surface area contributed by atoms with Gasteiger partial charge in [0.05, 0.1) is 7.11 Å². The van der Waals surface area contributed by atoms with E-state index in [-0.39, 0.29) is 5.88 Å². The van der Waals surface area contributed by atoms with Gasteiger partial charge in [0.15, 0.2) is 5.82 Å². The topological polar surface area (TPSA) is 35.0 Å². The van der Waals surface area contributed by atoms with Crippen molar-refractivity contribution in [1.82, 2.24) is 9.97 Å². The average molecular weight is 160 g/mol. The summed E-state index contributed by atoms with van der Waals surface area (Å²) in [6.07, 6.45) is -1.42. The molecule has 0 spiro atoms. The van der Waals surface area contributed by atoms with E-state index < -0.39 is 12.2 Å². The van der Waals surface area contributed by atoms with Crippen molar-refractivity contribution in [1.29, 1.82) is 0 Å². The number of alkyl halides is 2. The summed E-state index contributed by atoms with van der Waals surface area (Å²) < 4.78 is 28.4. The standard InChI is InChI=1S/C6H6F2N2O/c1-11-4-2-3-9-6(10-4)5(7)8/h2-3,5H,1H3. The Hall–Kier alpha value is -1.26. The number of methoxy groups -OCH3 is 1. The third-order valence-electron chi connectivity index (χ3n) is 1.05. The van der Waals surface area contributed by atoms with Gasteiger partial charge in [0.1, 0.15) is 0 Å². The molecule has 0 aliphatic carbocycles. The second-order valence-corrected chi connectivity index (χ2v) is 1.76. The van der Waals surface area contributed by atoms with E-state index in [0.29, 0.717) is 0 Å². The Morgan fingerprint density at radius 3 is 2.82 bits per heavy atom. The fraction of sp³-hybridized carbons (Fsp3) is 0.333. The van der Waals surface area contributed by atoms with Crippen LogP contribution in [0.15, 0.2) is 12.3 Å². The summed E-state index contributed by atoms with van der Waals surface area (Å²) in [5.74, 6) is -0.361. The summed E-state index contributed by atoms with van der Waals surface area (Å²) in [6, 6.07) is 1.41. The maximum Gasteiger partial charge on any atom is 0.297 e. The Morgan fingerprint density at radius 2 is 2.27 bits per heavy atom. The first-order chi connectivity index (χ1) is 5.24. The van der Waals surface area contributed by atoms with E-state index in [1.807, 2.05) is 0 Å². The van der Waals surface area contributed by atoms with Gasteiger partial charge in [-0.1, -0.05) is 0 Å². The molecule has 0 aromatic carbocycles. The molecule has 0 atom stereocenters. The molecule has 0 saturated heterocycles. The van der Waals surface area contributed by atoms with Crippen LogP contribution in [0.25, 0.3) is 0 Å². The maximum absolute atomic E-state index is 11.9. The number of rotatable bonds is 2.